The Hall–Kier alpha value is -2.18. The third-order valence-electron chi connectivity index (χ3n) is 5.06. The molecular formula is C19H23Br2N7O3. The summed E-state index contributed by atoms with van der Waals surface area (Å²) >= 11 is 6.80. The number of morpholine rings is 1. The molecule has 4 rings (SSSR count). The largest absolute Gasteiger partial charge is 0.503 e. The number of ether oxygens (including phenoxy) is 2. The van der Waals surface area contributed by atoms with Crippen molar-refractivity contribution in [3.05, 3.63) is 20.6 Å². The zero-order chi connectivity index (χ0) is 21.8. The van der Waals surface area contributed by atoms with Crippen LogP contribution >= 0.6 is 31.9 Å². The van der Waals surface area contributed by atoms with E-state index in [2.05, 4.69) is 67.1 Å². The fourth-order valence-electron chi connectivity index (χ4n) is 3.39. The lowest BCUT2D eigenvalue weighted by molar-refractivity contribution is 0.122. The molecule has 2 aromatic rings. The molecule has 2 N–H and O–H groups in total. The van der Waals surface area contributed by atoms with E-state index in [0.29, 0.717) is 51.3 Å². The Bertz CT molecular complexity index is 964. The van der Waals surface area contributed by atoms with Crippen molar-refractivity contribution < 1.29 is 14.6 Å². The zero-order valence-corrected chi connectivity index (χ0v) is 20.2. The number of nitrogens with one attached hydrogen (secondary N) is 1. The van der Waals surface area contributed by atoms with Crippen LogP contribution in [0.5, 0.6) is 11.5 Å². The van der Waals surface area contributed by atoms with Crippen molar-refractivity contribution in [2.45, 2.75) is 12.8 Å². The number of nitrogens with zero attached hydrogens (tertiary/aromatic N) is 6. The summed E-state index contributed by atoms with van der Waals surface area (Å²) < 4.78 is 11.8. The highest BCUT2D eigenvalue weighted by molar-refractivity contribution is 9.13. The molecule has 0 amide bonds. The van der Waals surface area contributed by atoms with Crippen molar-refractivity contribution in [1.29, 1.82) is 0 Å². The van der Waals surface area contributed by atoms with Crippen LogP contribution < -0.4 is 20.0 Å². The summed E-state index contributed by atoms with van der Waals surface area (Å²) in [5.41, 5.74) is 3.62. The van der Waals surface area contributed by atoms with Gasteiger partial charge in [-0.2, -0.15) is 20.1 Å². The first-order chi connectivity index (χ1) is 15.1. The summed E-state index contributed by atoms with van der Waals surface area (Å²) in [7, 11) is 1.49. The zero-order valence-electron chi connectivity index (χ0n) is 17.0. The summed E-state index contributed by atoms with van der Waals surface area (Å²) in [6.07, 6.45) is 3.86. The van der Waals surface area contributed by atoms with Gasteiger partial charge in [-0.25, -0.2) is 5.43 Å². The Morgan fingerprint density at radius 3 is 2.35 bits per heavy atom. The number of hydrogen-bond acceptors (Lipinski definition) is 10. The third-order valence-corrected chi connectivity index (χ3v) is 7.22. The number of hydrogen-bond donors (Lipinski definition) is 2. The number of hydrazone groups is 1. The fraction of sp³-hybridized carbons (Fsp3) is 0.474. The molecule has 0 unspecified atom stereocenters. The van der Waals surface area contributed by atoms with Gasteiger partial charge in [0.2, 0.25) is 17.8 Å². The second kappa shape index (κ2) is 9.96. The minimum absolute atomic E-state index is 0.0161. The predicted molar refractivity (Wildman–Crippen MR) is 126 cm³/mol. The van der Waals surface area contributed by atoms with Crippen LogP contribution in [-0.2, 0) is 4.74 Å². The Balaban J connectivity index is 1.59. The van der Waals surface area contributed by atoms with Crippen molar-refractivity contribution in [1.82, 2.24) is 15.0 Å². The van der Waals surface area contributed by atoms with Gasteiger partial charge < -0.3 is 24.4 Å². The summed E-state index contributed by atoms with van der Waals surface area (Å²) in [6.45, 7) is 4.64. The summed E-state index contributed by atoms with van der Waals surface area (Å²) in [4.78, 5) is 18.1. The van der Waals surface area contributed by atoms with Crippen LogP contribution in [0.3, 0.4) is 0 Å². The Kier molecular flexibility index (Phi) is 7.08. The van der Waals surface area contributed by atoms with E-state index in [1.54, 1.807) is 12.3 Å². The van der Waals surface area contributed by atoms with Crippen molar-refractivity contribution in [2.24, 2.45) is 5.10 Å². The molecule has 0 radical (unpaired) electrons. The molecule has 3 heterocycles. The highest BCUT2D eigenvalue weighted by Gasteiger charge is 2.21. The lowest BCUT2D eigenvalue weighted by Crippen LogP contribution is -2.38. The predicted octanol–water partition coefficient (Wildman–Crippen LogP) is 2.99. The molecule has 12 heteroatoms. The monoisotopic (exact) mass is 555 g/mol. The smallest absolute Gasteiger partial charge is 0.250 e. The van der Waals surface area contributed by atoms with Crippen LogP contribution in [0.15, 0.2) is 20.1 Å². The number of aromatic nitrogens is 3. The first kappa shape index (κ1) is 22.0. The molecular weight excluding hydrogens is 534 g/mol. The minimum Gasteiger partial charge on any atom is -0.503 e. The van der Waals surface area contributed by atoms with Crippen molar-refractivity contribution in [3.8, 4) is 11.5 Å². The van der Waals surface area contributed by atoms with Gasteiger partial charge in [0.05, 0.1) is 31.0 Å². The van der Waals surface area contributed by atoms with E-state index < -0.39 is 0 Å². The first-order valence-corrected chi connectivity index (χ1v) is 11.5. The maximum Gasteiger partial charge on any atom is 0.250 e. The highest BCUT2D eigenvalue weighted by atomic mass is 79.9. The average Bonchev–Trinajstić information content (AvgIpc) is 3.35. The van der Waals surface area contributed by atoms with Crippen LogP contribution in [0, 0.1) is 0 Å². The first-order valence-electron chi connectivity index (χ1n) is 9.94. The van der Waals surface area contributed by atoms with E-state index in [1.807, 2.05) is 0 Å². The minimum atomic E-state index is 0.0161. The average molecular weight is 557 g/mol. The summed E-state index contributed by atoms with van der Waals surface area (Å²) in [5, 5.41) is 14.4. The molecule has 166 valence electrons. The van der Waals surface area contributed by atoms with Crippen LogP contribution in [-0.4, -0.2) is 72.8 Å². The molecule has 10 nitrogen and oxygen atoms in total. The molecule has 2 fully saturated rings. The van der Waals surface area contributed by atoms with Gasteiger partial charge in [0, 0.05) is 36.2 Å². The lowest BCUT2D eigenvalue weighted by Gasteiger charge is -2.27. The van der Waals surface area contributed by atoms with Crippen molar-refractivity contribution in [2.75, 3.05) is 61.7 Å². The molecule has 2 saturated heterocycles. The number of rotatable bonds is 6. The van der Waals surface area contributed by atoms with E-state index in [9.17, 15) is 5.11 Å². The van der Waals surface area contributed by atoms with Gasteiger partial charge in [-0.05, 0) is 50.8 Å². The summed E-state index contributed by atoms with van der Waals surface area (Å²) in [5.74, 6) is 2.00. The quantitative estimate of drug-likeness (QED) is 0.410. The normalized spacial score (nSPS) is 16.9. The van der Waals surface area contributed by atoms with Crippen LogP contribution in [0.1, 0.15) is 18.4 Å². The van der Waals surface area contributed by atoms with Gasteiger partial charge in [-0.15, -0.1) is 0 Å². The number of halogens is 2. The second-order valence-electron chi connectivity index (χ2n) is 7.07. The topological polar surface area (TPSA) is 108 Å². The second-order valence-corrected chi connectivity index (χ2v) is 8.65. The molecule has 0 bridgehead atoms. The highest BCUT2D eigenvalue weighted by Crippen LogP contribution is 2.41. The Morgan fingerprint density at radius 1 is 1.06 bits per heavy atom. The van der Waals surface area contributed by atoms with Gasteiger partial charge in [-0.1, -0.05) is 0 Å². The lowest BCUT2D eigenvalue weighted by atomic mass is 10.2. The number of phenolic OH excluding ortho intramolecular Hbond substituents is 1. The maximum atomic E-state index is 10.1. The number of benzene rings is 1. The number of anilines is 3. The van der Waals surface area contributed by atoms with Gasteiger partial charge in [0.1, 0.15) is 0 Å². The van der Waals surface area contributed by atoms with E-state index in [4.69, 9.17) is 9.47 Å². The van der Waals surface area contributed by atoms with E-state index in [0.717, 1.165) is 39.0 Å². The van der Waals surface area contributed by atoms with Crippen LogP contribution in [0.4, 0.5) is 17.8 Å². The van der Waals surface area contributed by atoms with E-state index in [1.165, 1.54) is 7.11 Å². The standard InChI is InChI=1S/C19H23Br2N7O3/c1-30-13-10-12(14(20)15(21)16(13)29)11-22-26-17-23-18(27-4-2-3-5-27)25-19(24-17)28-6-8-31-9-7-28/h10-11,29H,2-9H2,1H3,(H,23,24,25,26)/b22-11-. The fourth-order valence-corrected chi connectivity index (χ4v) is 4.22. The molecule has 0 spiro atoms. The molecule has 0 saturated carbocycles. The molecule has 0 aliphatic carbocycles. The van der Waals surface area contributed by atoms with Gasteiger partial charge >= 0.3 is 0 Å². The van der Waals surface area contributed by atoms with Crippen molar-refractivity contribution in [3.63, 3.8) is 0 Å². The molecule has 1 aromatic carbocycles. The van der Waals surface area contributed by atoms with Gasteiger partial charge in [-0.3, -0.25) is 0 Å². The Morgan fingerprint density at radius 2 is 1.71 bits per heavy atom. The summed E-state index contributed by atoms with van der Waals surface area (Å²) in [6, 6.07) is 1.68. The SMILES string of the molecule is COc1cc(/C=N\Nc2nc(N3CCCC3)nc(N3CCOCC3)n2)c(Br)c(Br)c1O. The number of aromatic hydroxyl groups is 1. The number of phenols is 1. The van der Waals surface area contributed by atoms with Gasteiger partial charge in [0.25, 0.3) is 0 Å². The molecule has 31 heavy (non-hydrogen) atoms. The van der Waals surface area contributed by atoms with Crippen LogP contribution in [0.25, 0.3) is 0 Å². The van der Waals surface area contributed by atoms with E-state index >= 15 is 0 Å². The maximum absolute atomic E-state index is 10.1. The molecule has 0 atom stereocenters. The molecule has 2 aliphatic heterocycles. The molecule has 1 aromatic heterocycles. The third kappa shape index (κ3) is 5.01. The van der Waals surface area contributed by atoms with Crippen LogP contribution in [0.2, 0.25) is 0 Å². The van der Waals surface area contributed by atoms with Crippen molar-refractivity contribution >= 4 is 55.9 Å². The van der Waals surface area contributed by atoms with Gasteiger partial charge in [0.15, 0.2) is 11.5 Å². The van der Waals surface area contributed by atoms with E-state index in [-0.39, 0.29) is 5.75 Å². The number of methoxy groups -OCH3 is 1. The Labute approximate surface area is 196 Å². The molecule has 2 aliphatic rings.